The standard InChI is InChI=1S/C12H18N2O2S/c1-12(2,10(13)15)11-14-9-7(16-3)5-4-6-8(9)17-11/h7H,4-6H2,1-3H3,(H2,13,15). The number of fused-ring (bicyclic) bond motifs is 1. The van der Waals surface area contributed by atoms with Crippen LogP contribution in [-0.2, 0) is 21.4 Å². The minimum Gasteiger partial charge on any atom is -0.375 e. The molecule has 4 nitrogen and oxygen atoms in total. The molecule has 0 aromatic carbocycles. The Balaban J connectivity index is 2.40. The van der Waals surface area contributed by atoms with E-state index in [-0.39, 0.29) is 12.0 Å². The number of aromatic nitrogens is 1. The van der Waals surface area contributed by atoms with Crippen molar-refractivity contribution in [3.8, 4) is 0 Å². The molecule has 1 atom stereocenters. The number of nitrogens with zero attached hydrogens (tertiary/aromatic N) is 1. The van der Waals surface area contributed by atoms with Gasteiger partial charge in [0.2, 0.25) is 5.91 Å². The van der Waals surface area contributed by atoms with Crippen LogP contribution < -0.4 is 5.73 Å². The van der Waals surface area contributed by atoms with E-state index in [1.807, 2.05) is 13.8 Å². The van der Waals surface area contributed by atoms with Crippen molar-refractivity contribution in [2.24, 2.45) is 5.73 Å². The molecule has 5 heteroatoms. The van der Waals surface area contributed by atoms with Crippen molar-refractivity contribution in [3.05, 3.63) is 15.6 Å². The van der Waals surface area contributed by atoms with Crippen LogP contribution in [0.3, 0.4) is 0 Å². The lowest BCUT2D eigenvalue weighted by Crippen LogP contribution is -2.35. The number of hydrogen-bond donors (Lipinski definition) is 1. The molecule has 0 radical (unpaired) electrons. The summed E-state index contributed by atoms with van der Waals surface area (Å²) < 4.78 is 5.43. The first-order valence-corrected chi connectivity index (χ1v) is 6.61. The van der Waals surface area contributed by atoms with Crippen LogP contribution in [0.1, 0.15) is 48.4 Å². The van der Waals surface area contributed by atoms with Crippen LogP contribution in [0.2, 0.25) is 0 Å². The van der Waals surface area contributed by atoms with E-state index in [1.165, 1.54) is 4.88 Å². The molecule has 1 aromatic heterocycles. The number of carbonyl (C=O) groups excluding carboxylic acids is 1. The van der Waals surface area contributed by atoms with E-state index < -0.39 is 5.41 Å². The first-order chi connectivity index (χ1) is 7.96. The summed E-state index contributed by atoms with van der Waals surface area (Å²) in [5, 5.41) is 0.805. The average molecular weight is 254 g/mol. The van der Waals surface area contributed by atoms with Crippen molar-refractivity contribution in [1.29, 1.82) is 0 Å². The number of primary amides is 1. The van der Waals surface area contributed by atoms with E-state index >= 15 is 0 Å². The zero-order chi connectivity index (χ0) is 12.6. The molecular weight excluding hydrogens is 236 g/mol. The maximum absolute atomic E-state index is 11.4. The van der Waals surface area contributed by atoms with Gasteiger partial charge in [0, 0.05) is 12.0 Å². The molecule has 94 valence electrons. The summed E-state index contributed by atoms with van der Waals surface area (Å²) in [5.41, 5.74) is 5.74. The van der Waals surface area contributed by atoms with E-state index in [2.05, 4.69) is 4.98 Å². The van der Waals surface area contributed by atoms with Gasteiger partial charge >= 0.3 is 0 Å². The van der Waals surface area contributed by atoms with E-state index in [4.69, 9.17) is 10.5 Å². The summed E-state index contributed by atoms with van der Waals surface area (Å²) in [6.45, 7) is 3.64. The third-order valence-corrected chi connectivity index (χ3v) is 4.79. The van der Waals surface area contributed by atoms with Crippen LogP contribution in [-0.4, -0.2) is 18.0 Å². The Hall–Kier alpha value is -0.940. The predicted molar refractivity (Wildman–Crippen MR) is 67.0 cm³/mol. The van der Waals surface area contributed by atoms with Gasteiger partial charge in [-0.3, -0.25) is 4.79 Å². The maximum Gasteiger partial charge on any atom is 0.229 e. The smallest absolute Gasteiger partial charge is 0.229 e. The van der Waals surface area contributed by atoms with Gasteiger partial charge in [-0.25, -0.2) is 4.98 Å². The fraction of sp³-hybridized carbons (Fsp3) is 0.667. The normalized spacial score (nSPS) is 20.1. The molecule has 0 fully saturated rings. The first kappa shape index (κ1) is 12.5. The summed E-state index contributed by atoms with van der Waals surface area (Å²) >= 11 is 1.60. The van der Waals surface area contributed by atoms with Gasteiger partial charge in [0.1, 0.15) is 11.1 Å². The molecule has 0 bridgehead atoms. The Labute approximate surface area is 105 Å². The molecule has 2 N–H and O–H groups in total. The van der Waals surface area contributed by atoms with E-state index in [0.29, 0.717) is 0 Å². The second-order valence-electron chi connectivity index (χ2n) is 4.93. The second-order valence-corrected chi connectivity index (χ2v) is 6.02. The van der Waals surface area contributed by atoms with Gasteiger partial charge in [-0.05, 0) is 33.1 Å². The zero-order valence-corrected chi connectivity index (χ0v) is 11.3. The third-order valence-electron chi connectivity index (χ3n) is 3.34. The fourth-order valence-electron chi connectivity index (χ4n) is 1.98. The number of carbonyl (C=O) groups is 1. The highest BCUT2D eigenvalue weighted by Gasteiger charge is 2.34. The predicted octanol–water partition coefficient (Wildman–Crippen LogP) is 1.93. The van der Waals surface area contributed by atoms with Crippen molar-refractivity contribution in [2.75, 3.05) is 7.11 Å². The lowest BCUT2D eigenvalue weighted by Gasteiger charge is -2.19. The number of ether oxygens (including phenoxy) is 1. The number of hydrogen-bond acceptors (Lipinski definition) is 4. The van der Waals surface area contributed by atoms with Crippen molar-refractivity contribution in [3.63, 3.8) is 0 Å². The van der Waals surface area contributed by atoms with Gasteiger partial charge in [-0.1, -0.05) is 0 Å². The average Bonchev–Trinajstić information content (AvgIpc) is 2.72. The molecule has 1 aliphatic carbocycles. The van der Waals surface area contributed by atoms with E-state index in [0.717, 1.165) is 30.0 Å². The summed E-state index contributed by atoms with van der Waals surface area (Å²) in [5.74, 6) is -0.336. The molecule has 1 heterocycles. The maximum atomic E-state index is 11.4. The van der Waals surface area contributed by atoms with Crippen LogP contribution in [0, 0.1) is 0 Å². The van der Waals surface area contributed by atoms with E-state index in [9.17, 15) is 4.79 Å². The minimum absolute atomic E-state index is 0.0763. The molecule has 17 heavy (non-hydrogen) atoms. The molecule has 2 rings (SSSR count). The highest BCUT2D eigenvalue weighted by molar-refractivity contribution is 7.12. The molecule has 0 spiro atoms. The minimum atomic E-state index is -0.694. The lowest BCUT2D eigenvalue weighted by molar-refractivity contribution is -0.122. The van der Waals surface area contributed by atoms with Crippen LogP contribution in [0.25, 0.3) is 0 Å². The van der Waals surface area contributed by atoms with Crippen molar-refractivity contribution in [2.45, 2.75) is 44.6 Å². The van der Waals surface area contributed by atoms with Crippen LogP contribution in [0.15, 0.2) is 0 Å². The topological polar surface area (TPSA) is 65.2 Å². The zero-order valence-electron chi connectivity index (χ0n) is 10.4. The van der Waals surface area contributed by atoms with Crippen LogP contribution in [0.5, 0.6) is 0 Å². The Kier molecular flexibility index (Phi) is 3.23. The molecule has 1 aliphatic rings. The van der Waals surface area contributed by atoms with Crippen LogP contribution in [0.4, 0.5) is 0 Å². The quantitative estimate of drug-likeness (QED) is 0.896. The Morgan fingerprint density at radius 2 is 2.29 bits per heavy atom. The largest absolute Gasteiger partial charge is 0.375 e. The molecule has 1 amide bonds. The number of methoxy groups -OCH3 is 1. The SMILES string of the molecule is COC1CCCc2sc(C(C)(C)C(N)=O)nc21. The molecule has 0 saturated heterocycles. The number of rotatable bonds is 3. The van der Waals surface area contributed by atoms with Gasteiger partial charge in [0.05, 0.1) is 11.1 Å². The fourth-order valence-corrected chi connectivity index (χ4v) is 3.24. The first-order valence-electron chi connectivity index (χ1n) is 5.79. The molecule has 1 aromatic rings. The van der Waals surface area contributed by atoms with E-state index in [1.54, 1.807) is 18.4 Å². The van der Waals surface area contributed by atoms with Gasteiger partial charge in [-0.2, -0.15) is 0 Å². The highest BCUT2D eigenvalue weighted by atomic mass is 32.1. The Morgan fingerprint density at radius 1 is 1.59 bits per heavy atom. The van der Waals surface area contributed by atoms with Crippen LogP contribution >= 0.6 is 11.3 Å². The molecule has 0 aliphatic heterocycles. The van der Waals surface area contributed by atoms with Gasteiger partial charge in [-0.15, -0.1) is 11.3 Å². The Morgan fingerprint density at radius 3 is 2.88 bits per heavy atom. The van der Waals surface area contributed by atoms with Crippen molar-refractivity contribution in [1.82, 2.24) is 4.98 Å². The molecule has 1 unspecified atom stereocenters. The summed E-state index contributed by atoms with van der Waals surface area (Å²) in [7, 11) is 1.71. The van der Waals surface area contributed by atoms with Crippen molar-refractivity contribution >= 4 is 17.2 Å². The van der Waals surface area contributed by atoms with Crippen molar-refractivity contribution < 1.29 is 9.53 Å². The van der Waals surface area contributed by atoms with Gasteiger partial charge in [0.15, 0.2) is 0 Å². The second kappa shape index (κ2) is 4.38. The van der Waals surface area contributed by atoms with Gasteiger partial charge in [0.25, 0.3) is 0 Å². The number of aryl methyl sites for hydroxylation is 1. The lowest BCUT2D eigenvalue weighted by atomic mass is 9.93. The molecular formula is C12H18N2O2S. The summed E-state index contributed by atoms with van der Waals surface area (Å²) in [6, 6.07) is 0. The summed E-state index contributed by atoms with van der Waals surface area (Å²) in [4.78, 5) is 17.3. The monoisotopic (exact) mass is 254 g/mol. The number of amides is 1. The third kappa shape index (κ3) is 2.09. The Bertz CT molecular complexity index is 440. The number of nitrogens with two attached hydrogens (primary N) is 1. The number of thiazole rings is 1. The van der Waals surface area contributed by atoms with Gasteiger partial charge < -0.3 is 10.5 Å². The summed E-state index contributed by atoms with van der Waals surface area (Å²) in [6.07, 6.45) is 3.22. The highest BCUT2D eigenvalue weighted by Crippen LogP contribution is 2.38. The molecule has 0 saturated carbocycles.